The molecule has 0 bridgehead atoms. The summed E-state index contributed by atoms with van der Waals surface area (Å²) >= 11 is 6.15. The van der Waals surface area contributed by atoms with Crippen LogP contribution in [0, 0.1) is 5.92 Å². The highest BCUT2D eigenvalue weighted by molar-refractivity contribution is 7.85. The van der Waals surface area contributed by atoms with Crippen LogP contribution in [0.4, 0.5) is 10.6 Å². The number of hydrogen-bond donors (Lipinski definition) is 3. The number of nitrogens with one attached hydrogen (secondary N) is 2. The molecule has 1 aromatic heterocycles. The van der Waals surface area contributed by atoms with Gasteiger partial charge >= 0.3 is 16.4 Å². The number of aromatic nitrogens is 2. The molecule has 1 fully saturated rings. The van der Waals surface area contributed by atoms with Crippen molar-refractivity contribution in [1.82, 2.24) is 14.7 Å². The molecule has 1 saturated carbocycles. The van der Waals surface area contributed by atoms with E-state index in [1.807, 2.05) is 18.2 Å². The molecule has 1 aromatic carbocycles. The van der Waals surface area contributed by atoms with Gasteiger partial charge in [-0.3, -0.25) is 4.18 Å². The third-order valence-corrected chi connectivity index (χ3v) is 7.53. The fourth-order valence-corrected chi connectivity index (χ4v) is 5.58. The summed E-state index contributed by atoms with van der Waals surface area (Å²) in [6.07, 6.45) is 0.106. The lowest BCUT2D eigenvalue weighted by atomic mass is 10.1. The molecular formula is C25H33ClN4O8S. The molecule has 14 heteroatoms. The summed E-state index contributed by atoms with van der Waals surface area (Å²) in [7, 11) is -2.75. The minimum Gasteiger partial charge on any atom is -0.474 e. The Morgan fingerprint density at radius 3 is 2.69 bits per heavy atom. The second-order valence-electron chi connectivity index (χ2n) is 10.6. The summed E-state index contributed by atoms with van der Waals surface area (Å²) in [4.78, 5) is 20.2. The van der Waals surface area contributed by atoms with Crippen LogP contribution >= 0.6 is 11.6 Å². The maximum Gasteiger partial charge on any atom is 0.423 e. The molecule has 0 saturated heterocycles. The van der Waals surface area contributed by atoms with Gasteiger partial charge in [0, 0.05) is 37.0 Å². The molecule has 39 heavy (non-hydrogen) atoms. The summed E-state index contributed by atoms with van der Waals surface area (Å²) in [5.74, 6) is 0.301. The highest BCUT2D eigenvalue weighted by atomic mass is 35.5. The molecule has 1 amide bonds. The van der Waals surface area contributed by atoms with Crippen molar-refractivity contribution in [3.8, 4) is 5.88 Å². The topological polar surface area (TPSA) is 158 Å². The van der Waals surface area contributed by atoms with Gasteiger partial charge in [-0.1, -0.05) is 17.7 Å². The average molecular weight is 585 g/mol. The number of ether oxygens (including phenoxy) is 3. The Hall–Kier alpha value is -2.71. The standard InChI is InChI=1S/C25H33ClN4O8S/c1-25(2,3)38-24(32)30-39(33,34)36-12-15-8-17(10-19(15)31)37-22-11-21(27-13-28-22)29-23-18-6-5-16(26)7-14(18)9-20(23)35-4/h5-7,11,13,15,17,19-20,23,31H,8-10,12H2,1-4H3,(H,30,32)(H,27,28,29)/t15-,17+,19-,20-,23+/m0/s1. The molecule has 12 nitrogen and oxygen atoms in total. The number of rotatable bonds is 9. The van der Waals surface area contributed by atoms with Crippen LogP contribution in [-0.4, -0.2) is 67.2 Å². The number of methoxy groups -OCH3 is 1. The molecule has 2 aliphatic carbocycles. The number of anilines is 1. The van der Waals surface area contributed by atoms with Crippen LogP contribution in [0.2, 0.25) is 5.02 Å². The Morgan fingerprint density at radius 2 is 1.97 bits per heavy atom. The SMILES string of the molecule is CO[C@H]1Cc2cc(Cl)ccc2[C@H]1Nc1cc(O[C@@H]2C[C@@H](COS(=O)(=O)NC(=O)OC(C)(C)C)[C@@H](O)C2)ncn1. The van der Waals surface area contributed by atoms with Crippen molar-refractivity contribution in [1.29, 1.82) is 0 Å². The molecule has 3 N–H and O–H groups in total. The monoisotopic (exact) mass is 584 g/mol. The van der Waals surface area contributed by atoms with Gasteiger partial charge in [-0.15, -0.1) is 0 Å². The van der Waals surface area contributed by atoms with Gasteiger partial charge in [-0.25, -0.2) is 14.8 Å². The van der Waals surface area contributed by atoms with E-state index in [2.05, 4.69) is 15.3 Å². The van der Waals surface area contributed by atoms with Crippen LogP contribution in [0.15, 0.2) is 30.6 Å². The number of benzene rings is 1. The number of aliphatic hydroxyl groups is 1. The van der Waals surface area contributed by atoms with Crippen molar-refractivity contribution in [2.24, 2.45) is 5.92 Å². The number of carbonyl (C=O) groups excluding carboxylic acids is 1. The molecule has 0 radical (unpaired) electrons. The fraction of sp³-hybridized carbons (Fsp3) is 0.560. The number of nitrogens with zero attached hydrogens (tertiary/aromatic N) is 2. The van der Waals surface area contributed by atoms with Gasteiger partial charge in [-0.2, -0.15) is 13.1 Å². The van der Waals surface area contributed by atoms with E-state index in [1.54, 1.807) is 38.7 Å². The second kappa shape index (κ2) is 11.8. The number of halogens is 1. The zero-order valence-corrected chi connectivity index (χ0v) is 23.7. The Kier molecular flexibility index (Phi) is 8.86. The summed E-state index contributed by atoms with van der Waals surface area (Å²) in [5, 5.41) is 14.5. The second-order valence-corrected chi connectivity index (χ2v) is 12.4. The van der Waals surface area contributed by atoms with E-state index in [0.29, 0.717) is 29.6 Å². The number of aliphatic hydroxyl groups excluding tert-OH is 1. The van der Waals surface area contributed by atoms with E-state index in [1.165, 1.54) is 6.33 Å². The molecule has 2 aliphatic rings. The Balaban J connectivity index is 1.32. The molecule has 0 aliphatic heterocycles. The van der Waals surface area contributed by atoms with E-state index < -0.39 is 40.1 Å². The first kappa shape index (κ1) is 29.3. The highest BCUT2D eigenvalue weighted by Gasteiger charge is 2.37. The Bertz CT molecular complexity index is 1290. The van der Waals surface area contributed by atoms with Gasteiger partial charge in [0.25, 0.3) is 0 Å². The quantitative estimate of drug-likeness (QED) is 0.397. The molecule has 2 aromatic rings. The van der Waals surface area contributed by atoms with Crippen LogP contribution in [0.3, 0.4) is 0 Å². The van der Waals surface area contributed by atoms with Crippen LogP contribution in [0.1, 0.15) is 50.8 Å². The van der Waals surface area contributed by atoms with Crippen LogP contribution in [0.5, 0.6) is 5.88 Å². The maximum absolute atomic E-state index is 12.1. The van der Waals surface area contributed by atoms with Crippen molar-refractivity contribution in [3.05, 3.63) is 46.7 Å². The molecule has 214 valence electrons. The average Bonchev–Trinajstić information content (AvgIpc) is 3.34. The predicted molar refractivity (Wildman–Crippen MR) is 142 cm³/mol. The smallest absolute Gasteiger partial charge is 0.423 e. The van der Waals surface area contributed by atoms with Crippen LogP contribution in [-0.2, 0) is 30.4 Å². The van der Waals surface area contributed by atoms with E-state index >= 15 is 0 Å². The van der Waals surface area contributed by atoms with Crippen LogP contribution < -0.4 is 14.8 Å². The van der Waals surface area contributed by atoms with Gasteiger partial charge < -0.3 is 24.6 Å². The minimum absolute atomic E-state index is 0.107. The molecule has 0 unspecified atom stereocenters. The van der Waals surface area contributed by atoms with E-state index in [9.17, 15) is 18.3 Å². The van der Waals surface area contributed by atoms with Gasteiger partial charge in [-0.05, 0) is 50.5 Å². The van der Waals surface area contributed by atoms with E-state index in [4.69, 9.17) is 30.0 Å². The lowest BCUT2D eigenvalue weighted by molar-refractivity contribution is 0.0559. The lowest BCUT2D eigenvalue weighted by Gasteiger charge is -2.21. The van der Waals surface area contributed by atoms with Gasteiger partial charge in [0.1, 0.15) is 23.9 Å². The highest BCUT2D eigenvalue weighted by Crippen LogP contribution is 2.37. The van der Waals surface area contributed by atoms with Crippen molar-refractivity contribution in [2.75, 3.05) is 19.0 Å². The van der Waals surface area contributed by atoms with Gasteiger partial charge in [0.2, 0.25) is 5.88 Å². The molecule has 0 spiro atoms. The number of hydrogen-bond acceptors (Lipinski definition) is 11. The first-order valence-electron chi connectivity index (χ1n) is 12.5. The predicted octanol–water partition coefficient (Wildman–Crippen LogP) is 3.16. The largest absolute Gasteiger partial charge is 0.474 e. The molecule has 4 rings (SSSR count). The minimum atomic E-state index is -4.41. The summed E-state index contributed by atoms with van der Waals surface area (Å²) in [6, 6.07) is 7.26. The summed E-state index contributed by atoms with van der Waals surface area (Å²) < 4.78 is 47.4. The van der Waals surface area contributed by atoms with Crippen molar-refractivity contribution in [2.45, 2.75) is 70.0 Å². The first-order chi connectivity index (χ1) is 18.3. The lowest BCUT2D eigenvalue weighted by Crippen LogP contribution is -2.38. The van der Waals surface area contributed by atoms with Crippen molar-refractivity contribution >= 4 is 33.8 Å². The molecular weight excluding hydrogens is 552 g/mol. The van der Waals surface area contributed by atoms with Gasteiger partial charge in [0.05, 0.1) is 24.9 Å². The molecule has 1 heterocycles. The normalized spacial score (nSPS) is 24.7. The first-order valence-corrected chi connectivity index (χ1v) is 14.2. The summed E-state index contributed by atoms with van der Waals surface area (Å²) in [5.41, 5.74) is 1.31. The Morgan fingerprint density at radius 1 is 1.21 bits per heavy atom. The zero-order valence-electron chi connectivity index (χ0n) is 22.1. The zero-order chi connectivity index (χ0) is 28.4. The summed E-state index contributed by atoms with van der Waals surface area (Å²) in [6.45, 7) is 4.48. The number of amides is 1. The fourth-order valence-electron chi connectivity index (χ4n) is 4.73. The van der Waals surface area contributed by atoms with Gasteiger partial charge in [0.15, 0.2) is 0 Å². The third-order valence-electron chi connectivity index (χ3n) is 6.43. The van der Waals surface area contributed by atoms with E-state index in [0.717, 1.165) is 11.1 Å². The van der Waals surface area contributed by atoms with Crippen LogP contribution in [0.25, 0.3) is 0 Å². The van der Waals surface area contributed by atoms with E-state index in [-0.39, 0.29) is 25.2 Å². The Labute approximate surface area is 232 Å². The number of carbonyl (C=O) groups is 1. The van der Waals surface area contributed by atoms with Crippen molar-refractivity contribution in [3.63, 3.8) is 0 Å². The van der Waals surface area contributed by atoms with Crippen molar-refractivity contribution < 1.29 is 36.7 Å². The maximum atomic E-state index is 12.1. The number of fused-ring (bicyclic) bond motifs is 1. The third kappa shape index (κ3) is 7.92. The molecule has 5 atom stereocenters.